The third kappa shape index (κ3) is 4.35. The molecule has 0 radical (unpaired) electrons. The van der Waals surface area contributed by atoms with E-state index in [-0.39, 0.29) is 6.04 Å². The van der Waals surface area contributed by atoms with Crippen molar-refractivity contribution in [2.24, 2.45) is 5.10 Å². The second-order valence-corrected chi connectivity index (χ2v) is 6.85. The molecule has 3 aromatic rings. The van der Waals surface area contributed by atoms with E-state index in [4.69, 9.17) is 14.2 Å². The summed E-state index contributed by atoms with van der Waals surface area (Å²) in [4.78, 5) is 0. The Morgan fingerprint density at radius 3 is 2.38 bits per heavy atom. The standard InChI is InChI=1S/C24H24N2O3/c1-27-19-10-8-17(9-11-19)16-29-20-12-13-21(24(14-20)28-2)23-15-22(25-26-23)18-6-4-3-5-7-18/h3-14,23,26H,15-16H2,1-2H3. The predicted molar refractivity (Wildman–Crippen MR) is 114 cm³/mol. The lowest BCUT2D eigenvalue weighted by molar-refractivity contribution is 0.302. The van der Waals surface area contributed by atoms with Crippen LogP contribution in [0.4, 0.5) is 0 Å². The molecule has 1 N–H and O–H groups in total. The van der Waals surface area contributed by atoms with Crippen LogP contribution in [-0.4, -0.2) is 19.9 Å². The lowest BCUT2D eigenvalue weighted by atomic mass is 9.98. The summed E-state index contributed by atoms with van der Waals surface area (Å²) in [7, 11) is 3.34. The fourth-order valence-electron chi connectivity index (χ4n) is 3.39. The van der Waals surface area contributed by atoms with Gasteiger partial charge in [-0.05, 0) is 35.4 Å². The minimum Gasteiger partial charge on any atom is -0.497 e. The van der Waals surface area contributed by atoms with E-state index in [1.54, 1.807) is 14.2 Å². The summed E-state index contributed by atoms with van der Waals surface area (Å²) < 4.78 is 16.8. The van der Waals surface area contributed by atoms with E-state index in [9.17, 15) is 0 Å². The molecule has 3 aromatic carbocycles. The zero-order chi connectivity index (χ0) is 20.1. The van der Waals surface area contributed by atoms with Crippen molar-refractivity contribution in [2.45, 2.75) is 19.1 Å². The maximum Gasteiger partial charge on any atom is 0.127 e. The molecule has 1 aliphatic rings. The highest BCUT2D eigenvalue weighted by molar-refractivity contribution is 6.01. The van der Waals surface area contributed by atoms with Crippen LogP contribution in [0.15, 0.2) is 77.9 Å². The van der Waals surface area contributed by atoms with Crippen LogP contribution in [-0.2, 0) is 6.61 Å². The fourth-order valence-corrected chi connectivity index (χ4v) is 3.39. The molecule has 0 amide bonds. The molecule has 5 nitrogen and oxygen atoms in total. The molecule has 29 heavy (non-hydrogen) atoms. The summed E-state index contributed by atoms with van der Waals surface area (Å²) in [5, 5.41) is 4.52. The zero-order valence-corrected chi connectivity index (χ0v) is 16.6. The van der Waals surface area contributed by atoms with Crippen molar-refractivity contribution in [2.75, 3.05) is 14.2 Å². The van der Waals surface area contributed by atoms with Crippen LogP contribution in [0.1, 0.15) is 29.2 Å². The number of benzene rings is 3. The molecule has 0 aliphatic carbocycles. The highest BCUT2D eigenvalue weighted by atomic mass is 16.5. The Hall–Kier alpha value is -3.47. The highest BCUT2D eigenvalue weighted by Crippen LogP contribution is 2.34. The van der Waals surface area contributed by atoms with Crippen LogP contribution >= 0.6 is 0 Å². The van der Waals surface area contributed by atoms with E-state index >= 15 is 0 Å². The van der Waals surface area contributed by atoms with Gasteiger partial charge in [-0.3, -0.25) is 0 Å². The van der Waals surface area contributed by atoms with Gasteiger partial charge >= 0.3 is 0 Å². The maximum absolute atomic E-state index is 5.95. The minimum atomic E-state index is 0.0794. The van der Waals surface area contributed by atoms with Crippen molar-refractivity contribution < 1.29 is 14.2 Å². The summed E-state index contributed by atoms with van der Waals surface area (Å²) in [5.74, 6) is 2.39. The number of hydrogen-bond donors (Lipinski definition) is 1. The topological polar surface area (TPSA) is 52.1 Å². The van der Waals surface area contributed by atoms with Gasteiger partial charge in [0.2, 0.25) is 0 Å². The van der Waals surface area contributed by atoms with Crippen LogP contribution in [0.5, 0.6) is 17.2 Å². The molecule has 1 heterocycles. The summed E-state index contributed by atoms with van der Waals surface area (Å²) in [5.41, 5.74) is 7.58. The first kappa shape index (κ1) is 18.9. The smallest absolute Gasteiger partial charge is 0.127 e. The van der Waals surface area contributed by atoms with Crippen LogP contribution in [0.25, 0.3) is 0 Å². The lowest BCUT2D eigenvalue weighted by Gasteiger charge is -2.16. The van der Waals surface area contributed by atoms with Gasteiger partial charge in [-0.1, -0.05) is 42.5 Å². The number of hydrogen-bond acceptors (Lipinski definition) is 5. The van der Waals surface area contributed by atoms with Gasteiger partial charge in [0.15, 0.2) is 0 Å². The van der Waals surface area contributed by atoms with E-state index < -0.39 is 0 Å². The molecule has 5 heteroatoms. The van der Waals surface area contributed by atoms with Gasteiger partial charge in [-0.2, -0.15) is 5.10 Å². The fraction of sp³-hybridized carbons (Fsp3) is 0.208. The second kappa shape index (κ2) is 8.69. The predicted octanol–water partition coefficient (Wildman–Crippen LogP) is 4.72. The summed E-state index contributed by atoms with van der Waals surface area (Å²) in [6.45, 7) is 0.482. The first-order valence-electron chi connectivity index (χ1n) is 9.58. The number of hydrazone groups is 1. The largest absolute Gasteiger partial charge is 0.497 e. The quantitative estimate of drug-likeness (QED) is 0.636. The monoisotopic (exact) mass is 388 g/mol. The molecule has 0 saturated carbocycles. The van der Waals surface area contributed by atoms with E-state index in [0.29, 0.717) is 6.61 Å². The third-order valence-corrected chi connectivity index (χ3v) is 5.00. The van der Waals surface area contributed by atoms with E-state index in [0.717, 1.165) is 46.1 Å². The average molecular weight is 388 g/mol. The Morgan fingerprint density at radius 2 is 1.66 bits per heavy atom. The minimum absolute atomic E-state index is 0.0794. The molecule has 4 rings (SSSR count). The molecule has 0 spiro atoms. The molecule has 1 atom stereocenters. The number of nitrogens with one attached hydrogen (secondary N) is 1. The van der Waals surface area contributed by atoms with Gasteiger partial charge in [0.1, 0.15) is 23.9 Å². The Labute approximate surface area is 170 Å². The first-order chi connectivity index (χ1) is 14.3. The Morgan fingerprint density at radius 1 is 0.897 bits per heavy atom. The molecule has 0 saturated heterocycles. The van der Waals surface area contributed by atoms with E-state index in [1.807, 2.05) is 60.7 Å². The third-order valence-electron chi connectivity index (χ3n) is 5.00. The Bertz CT molecular complexity index is 985. The van der Waals surface area contributed by atoms with Gasteiger partial charge in [0, 0.05) is 18.1 Å². The summed E-state index contributed by atoms with van der Waals surface area (Å²) in [6.07, 6.45) is 0.812. The van der Waals surface area contributed by atoms with Crippen molar-refractivity contribution in [1.82, 2.24) is 5.43 Å². The number of nitrogens with zero attached hydrogens (tertiary/aromatic N) is 1. The molecule has 1 unspecified atom stereocenters. The molecule has 1 aliphatic heterocycles. The normalized spacial score (nSPS) is 15.4. The van der Waals surface area contributed by atoms with E-state index in [2.05, 4.69) is 22.7 Å². The highest BCUT2D eigenvalue weighted by Gasteiger charge is 2.24. The van der Waals surface area contributed by atoms with E-state index in [1.165, 1.54) is 0 Å². The molecule has 0 fully saturated rings. The van der Waals surface area contributed by atoms with Crippen molar-refractivity contribution in [3.8, 4) is 17.2 Å². The molecular weight excluding hydrogens is 364 g/mol. The molecule has 0 bridgehead atoms. The summed E-state index contributed by atoms with van der Waals surface area (Å²) in [6, 6.07) is 24.1. The summed E-state index contributed by atoms with van der Waals surface area (Å²) >= 11 is 0. The van der Waals surface area contributed by atoms with Gasteiger partial charge in [0.05, 0.1) is 26.0 Å². The lowest BCUT2D eigenvalue weighted by Crippen LogP contribution is -2.11. The zero-order valence-electron chi connectivity index (χ0n) is 16.6. The van der Waals surface area contributed by atoms with Crippen LogP contribution in [0, 0.1) is 0 Å². The van der Waals surface area contributed by atoms with Crippen molar-refractivity contribution in [3.05, 3.63) is 89.5 Å². The number of rotatable bonds is 7. The average Bonchev–Trinajstić information content (AvgIpc) is 3.28. The van der Waals surface area contributed by atoms with Crippen LogP contribution in [0.3, 0.4) is 0 Å². The first-order valence-corrected chi connectivity index (χ1v) is 9.58. The van der Waals surface area contributed by atoms with Gasteiger partial charge < -0.3 is 19.6 Å². The van der Waals surface area contributed by atoms with Gasteiger partial charge in [-0.25, -0.2) is 0 Å². The second-order valence-electron chi connectivity index (χ2n) is 6.85. The van der Waals surface area contributed by atoms with Crippen molar-refractivity contribution >= 4 is 5.71 Å². The molecule has 148 valence electrons. The number of ether oxygens (including phenoxy) is 3. The SMILES string of the molecule is COc1ccc(COc2ccc(C3CC(c4ccccc4)=NN3)c(OC)c2)cc1. The Kier molecular flexibility index (Phi) is 5.66. The molecule has 0 aromatic heterocycles. The van der Waals surface area contributed by atoms with Crippen LogP contribution in [0.2, 0.25) is 0 Å². The Balaban J connectivity index is 1.43. The number of methoxy groups -OCH3 is 2. The van der Waals surface area contributed by atoms with Gasteiger partial charge in [-0.15, -0.1) is 0 Å². The van der Waals surface area contributed by atoms with Gasteiger partial charge in [0.25, 0.3) is 0 Å². The van der Waals surface area contributed by atoms with Crippen LogP contribution < -0.4 is 19.6 Å². The van der Waals surface area contributed by atoms with Crippen molar-refractivity contribution in [1.29, 1.82) is 0 Å². The molecular formula is C24H24N2O3. The van der Waals surface area contributed by atoms with Crippen molar-refractivity contribution in [3.63, 3.8) is 0 Å². The maximum atomic E-state index is 5.95.